The number of aliphatic hydroxyl groups is 1. The highest BCUT2D eigenvalue weighted by Crippen LogP contribution is 2.21. The molecule has 3 atom stereocenters. The molecule has 1 rings (SSSR count). The first-order chi connectivity index (χ1) is 8.41. The van der Waals surface area contributed by atoms with Crippen molar-refractivity contribution >= 4 is 0 Å². The van der Waals surface area contributed by atoms with Gasteiger partial charge in [0.1, 0.15) is 0 Å². The van der Waals surface area contributed by atoms with Crippen molar-refractivity contribution in [3.8, 4) is 0 Å². The van der Waals surface area contributed by atoms with Gasteiger partial charge in [0, 0.05) is 24.2 Å². The van der Waals surface area contributed by atoms with Crippen molar-refractivity contribution in [3.63, 3.8) is 0 Å². The molecule has 1 aliphatic heterocycles. The van der Waals surface area contributed by atoms with E-state index >= 15 is 0 Å². The van der Waals surface area contributed by atoms with Gasteiger partial charge in [0.2, 0.25) is 0 Å². The second kappa shape index (κ2) is 6.85. The summed E-state index contributed by atoms with van der Waals surface area (Å²) in [5.74, 6) is 0. The lowest BCUT2D eigenvalue weighted by atomic mass is 9.92. The summed E-state index contributed by atoms with van der Waals surface area (Å²) in [6.07, 6.45) is 3.57. The smallest absolute Gasteiger partial charge is 0.0611 e. The van der Waals surface area contributed by atoms with Crippen LogP contribution < -0.4 is 5.32 Å². The van der Waals surface area contributed by atoms with Crippen LogP contribution in [0, 0.1) is 0 Å². The topological polar surface area (TPSA) is 38.7 Å². The molecule has 0 aromatic rings. The summed E-state index contributed by atoms with van der Waals surface area (Å²) in [4.78, 5) is 4.90. The molecule has 4 heteroatoms. The van der Waals surface area contributed by atoms with E-state index in [1.54, 1.807) is 0 Å². The molecule has 18 heavy (non-hydrogen) atoms. The molecule has 1 aliphatic rings. The lowest BCUT2D eigenvalue weighted by Crippen LogP contribution is -2.53. The number of rotatable bonds is 6. The van der Waals surface area contributed by atoms with Crippen LogP contribution >= 0.6 is 0 Å². The van der Waals surface area contributed by atoms with Gasteiger partial charge in [-0.05, 0) is 60.8 Å². The van der Waals surface area contributed by atoms with Crippen LogP contribution in [0.2, 0.25) is 0 Å². The molecule has 4 nitrogen and oxygen atoms in total. The van der Waals surface area contributed by atoms with Gasteiger partial charge in [-0.1, -0.05) is 0 Å². The van der Waals surface area contributed by atoms with Crippen molar-refractivity contribution in [3.05, 3.63) is 0 Å². The minimum atomic E-state index is -0.162. The highest BCUT2D eigenvalue weighted by atomic mass is 16.3. The normalized spacial score (nSPS) is 27.2. The van der Waals surface area contributed by atoms with Crippen molar-refractivity contribution in [1.29, 1.82) is 0 Å². The molecule has 0 radical (unpaired) electrons. The molecule has 3 unspecified atom stereocenters. The van der Waals surface area contributed by atoms with Crippen molar-refractivity contribution in [2.24, 2.45) is 0 Å². The predicted octanol–water partition coefficient (Wildman–Crippen LogP) is 0.761. The largest absolute Gasteiger partial charge is 0.394 e. The third kappa shape index (κ3) is 4.19. The second-order valence-corrected chi connectivity index (χ2v) is 6.28. The Morgan fingerprint density at radius 2 is 2.17 bits per heavy atom. The number of nitrogens with one attached hydrogen (secondary N) is 1. The molecule has 0 aliphatic carbocycles. The van der Waals surface area contributed by atoms with Crippen LogP contribution in [0.3, 0.4) is 0 Å². The number of hydrogen-bond acceptors (Lipinski definition) is 4. The number of piperidine rings is 1. The fourth-order valence-corrected chi connectivity index (χ4v) is 2.83. The molecular formula is C14H31N3O. The fraction of sp³-hybridized carbons (Fsp3) is 1.00. The van der Waals surface area contributed by atoms with Gasteiger partial charge >= 0.3 is 0 Å². The number of nitrogens with zero attached hydrogens (tertiary/aromatic N) is 2. The van der Waals surface area contributed by atoms with E-state index in [9.17, 15) is 5.11 Å². The van der Waals surface area contributed by atoms with Gasteiger partial charge in [0.25, 0.3) is 0 Å². The molecule has 0 saturated carbocycles. The van der Waals surface area contributed by atoms with Crippen molar-refractivity contribution in [2.45, 2.75) is 50.7 Å². The molecular weight excluding hydrogens is 226 g/mol. The average Bonchev–Trinajstić information content (AvgIpc) is 2.38. The number of likely N-dealkylation sites (tertiary alicyclic amines) is 1. The molecule has 0 bridgehead atoms. The Morgan fingerprint density at radius 1 is 1.50 bits per heavy atom. The van der Waals surface area contributed by atoms with E-state index in [1.165, 1.54) is 19.4 Å². The monoisotopic (exact) mass is 257 g/mol. The van der Waals surface area contributed by atoms with E-state index in [1.807, 2.05) is 7.05 Å². The number of likely N-dealkylation sites (N-methyl/N-ethyl adjacent to an activating group) is 2. The van der Waals surface area contributed by atoms with Crippen LogP contribution in [-0.4, -0.2) is 73.4 Å². The Labute approximate surface area is 112 Å². The maximum absolute atomic E-state index is 9.48. The number of hydrogen-bond donors (Lipinski definition) is 2. The lowest BCUT2D eigenvalue weighted by molar-refractivity contribution is 0.0732. The molecule has 1 saturated heterocycles. The fourth-order valence-electron chi connectivity index (χ4n) is 2.83. The maximum Gasteiger partial charge on any atom is 0.0611 e. The molecule has 1 heterocycles. The van der Waals surface area contributed by atoms with Crippen molar-refractivity contribution in [1.82, 2.24) is 15.1 Å². The van der Waals surface area contributed by atoms with E-state index in [0.29, 0.717) is 12.1 Å². The summed E-state index contributed by atoms with van der Waals surface area (Å²) >= 11 is 0. The highest BCUT2D eigenvalue weighted by molar-refractivity contribution is 4.88. The standard InChI is InChI=1S/C14H31N3O/c1-12(9-14(2,11-18)15-3)17-8-6-7-13(10-17)16(4)5/h12-13,15,18H,6-11H2,1-5H3. The van der Waals surface area contributed by atoms with Crippen molar-refractivity contribution in [2.75, 3.05) is 40.8 Å². The molecule has 1 fully saturated rings. The van der Waals surface area contributed by atoms with E-state index in [0.717, 1.165) is 13.0 Å². The third-order valence-electron chi connectivity index (χ3n) is 4.48. The zero-order valence-electron chi connectivity index (χ0n) is 12.7. The molecule has 0 spiro atoms. The summed E-state index contributed by atoms with van der Waals surface area (Å²) in [5, 5.41) is 12.7. The Hall–Kier alpha value is -0.160. The van der Waals surface area contributed by atoms with Crippen LogP contribution in [0.25, 0.3) is 0 Å². The zero-order valence-corrected chi connectivity index (χ0v) is 12.7. The molecule has 0 aromatic carbocycles. The quantitative estimate of drug-likeness (QED) is 0.737. The Bertz CT molecular complexity index is 241. The van der Waals surface area contributed by atoms with Crippen LogP contribution in [-0.2, 0) is 0 Å². The van der Waals surface area contributed by atoms with Crippen LogP contribution in [0.4, 0.5) is 0 Å². The van der Waals surface area contributed by atoms with Gasteiger partial charge in [-0.2, -0.15) is 0 Å². The SMILES string of the molecule is CNC(C)(CO)CC(C)N1CCCC(N(C)C)C1. The summed E-state index contributed by atoms with van der Waals surface area (Å²) < 4.78 is 0. The zero-order chi connectivity index (χ0) is 13.8. The van der Waals surface area contributed by atoms with Gasteiger partial charge < -0.3 is 15.3 Å². The first kappa shape index (κ1) is 15.9. The average molecular weight is 257 g/mol. The van der Waals surface area contributed by atoms with Gasteiger partial charge in [-0.25, -0.2) is 0 Å². The maximum atomic E-state index is 9.48. The first-order valence-electron chi connectivity index (χ1n) is 7.12. The Kier molecular flexibility index (Phi) is 6.05. The van der Waals surface area contributed by atoms with Crippen LogP contribution in [0.15, 0.2) is 0 Å². The van der Waals surface area contributed by atoms with E-state index in [-0.39, 0.29) is 12.1 Å². The summed E-state index contributed by atoms with van der Waals surface area (Å²) in [5.41, 5.74) is -0.162. The predicted molar refractivity (Wildman–Crippen MR) is 76.9 cm³/mol. The molecule has 0 aromatic heterocycles. The minimum absolute atomic E-state index is 0.162. The summed E-state index contributed by atoms with van der Waals surface area (Å²) in [6.45, 7) is 6.91. The van der Waals surface area contributed by atoms with E-state index in [2.05, 4.69) is 43.1 Å². The first-order valence-corrected chi connectivity index (χ1v) is 7.12. The minimum Gasteiger partial charge on any atom is -0.394 e. The Morgan fingerprint density at radius 3 is 2.67 bits per heavy atom. The van der Waals surface area contributed by atoms with Gasteiger partial charge in [0.05, 0.1) is 6.61 Å². The lowest BCUT2D eigenvalue weighted by Gasteiger charge is -2.42. The Balaban J connectivity index is 2.53. The van der Waals surface area contributed by atoms with Gasteiger partial charge in [-0.15, -0.1) is 0 Å². The number of aliphatic hydroxyl groups excluding tert-OH is 1. The summed E-state index contributed by atoms with van der Waals surface area (Å²) in [7, 11) is 6.27. The third-order valence-corrected chi connectivity index (χ3v) is 4.48. The molecule has 2 N–H and O–H groups in total. The molecule has 108 valence electrons. The summed E-state index contributed by atoms with van der Waals surface area (Å²) in [6, 6.07) is 1.19. The van der Waals surface area contributed by atoms with Gasteiger partial charge in [0.15, 0.2) is 0 Å². The molecule has 0 amide bonds. The van der Waals surface area contributed by atoms with E-state index < -0.39 is 0 Å². The van der Waals surface area contributed by atoms with Crippen LogP contribution in [0.1, 0.15) is 33.1 Å². The second-order valence-electron chi connectivity index (χ2n) is 6.28. The van der Waals surface area contributed by atoms with Crippen molar-refractivity contribution < 1.29 is 5.11 Å². The highest BCUT2D eigenvalue weighted by Gasteiger charge is 2.30. The van der Waals surface area contributed by atoms with Crippen LogP contribution in [0.5, 0.6) is 0 Å². The van der Waals surface area contributed by atoms with E-state index in [4.69, 9.17) is 0 Å². The van der Waals surface area contributed by atoms with Gasteiger partial charge in [-0.3, -0.25) is 4.90 Å².